The molecule has 0 saturated carbocycles. The zero-order valence-corrected chi connectivity index (χ0v) is 12.4. The van der Waals surface area contributed by atoms with Crippen molar-refractivity contribution < 1.29 is 0 Å². The fourth-order valence-electron chi connectivity index (χ4n) is 2.01. The SMILES string of the molecule is CCN(CC)[Si](C)(C)N[Si](C)(C)C. The number of rotatable bonds is 5. The smallest absolute Gasteiger partial charge is 0.191 e. The van der Waals surface area contributed by atoms with Crippen molar-refractivity contribution in [1.82, 2.24) is 9.21 Å². The highest BCUT2D eigenvalue weighted by molar-refractivity contribution is 6.89. The van der Waals surface area contributed by atoms with Crippen LogP contribution in [-0.2, 0) is 0 Å². The molecule has 0 aliphatic heterocycles. The highest BCUT2D eigenvalue weighted by Gasteiger charge is 2.32. The molecule has 2 nitrogen and oxygen atoms in total. The predicted octanol–water partition coefficient (Wildman–Crippen LogP) is 2.45. The van der Waals surface area contributed by atoms with Crippen molar-refractivity contribution in [2.75, 3.05) is 13.1 Å². The van der Waals surface area contributed by atoms with Gasteiger partial charge in [-0.1, -0.05) is 33.5 Å². The fraction of sp³-hybridized carbons (Fsp3) is 1.00. The number of nitrogens with zero attached hydrogens (tertiary/aromatic N) is 1. The molecule has 0 rings (SSSR count). The Kier molecular flexibility index (Phi) is 4.86. The van der Waals surface area contributed by atoms with Gasteiger partial charge >= 0.3 is 0 Å². The maximum Gasteiger partial charge on any atom is 0.191 e. The quantitative estimate of drug-likeness (QED) is 0.713. The Morgan fingerprint density at radius 2 is 1.31 bits per heavy atom. The van der Waals surface area contributed by atoms with Crippen LogP contribution in [0.25, 0.3) is 0 Å². The second-order valence-corrected chi connectivity index (χ2v) is 14.4. The molecule has 0 heterocycles. The molecule has 0 spiro atoms. The summed E-state index contributed by atoms with van der Waals surface area (Å²) < 4.78 is 6.50. The summed E-state index contributed by atoms with van der Waals surface area (Å²) in [4.78, 5) is 0. The third-order valence-corrected chi connectivity index (χ3v) is 9.90. The van der Waals surface area contributed by atoms with E-state index in [9.17, 15) is 0 Å². The number of nitrogens with one attached hydrogen (secondary N) is 1. The summed E-state index contributed by atoms with van der Waals surface area (Å²) in [6.07, 6.45) is 0. The first kappa shape index (κ1) is 13.4. The lowest BCUT2D eigenvalue weighted by Gasteiger charge is -2.40. The lowest BCUT2D eigenvalue weighted by atomic mass is 10.7. The van der Waals surface area contributed by atoms with Crippen molar-refractivity contribution in [3.05, 3.63) is 0 Å². The largest absolute Gasteiger partial charge is 0.348 e. The molecule has 0 aromatic carbocycles. The Labute approximate surface area is 86.0 Å². The predicted molar refractivity (Wildman–Crippen MR) is 66.9 cm³/mol. The van der Waals surface area contributed by atoms with E-state index in [1.165, 1.54) is 13.1 Å². The molecule has 0 saturated heterocycles. The normalized spacial score (nSPS) is 13.8. The molecule has 0 fully saturated rings. The Morgan fingerprint density at radius 1 is 0.923 bits per heavy atom. The third kappa shape index (κ3) is 4.95. The molecule has 0 aromatic rings. The van der Waals surface area contributed by atoms with Gasteiger partial charge < -0.3 is 9.21 Å². The molecule has 0 aliphatic rings. The van der Waals surface area contributed by atoms with Crippen LogP contribution in [0.15, 0.2) is 0 Å². The van der Waals surface area contributed by atoms with E-state index in [1.807, 2.05) is 0 Å². The average Bonchev–Trinajstić information content (AvgIpc) is 1.83. The van der Waals surface area contributed by atoms with Crippen LogP contribution in [0.1, 0.15) is 13.8 Å². The van der Waals surface area contributed by atoms with Gasteiger partial charge in [0.1, 0.15) is 8.24 Å². The Hall–Kier alpha value is 0.354. The van der Waals surface area contributed by atoms with Crippen LogP contribution < -0.4 is 4.65 Å². The van der Waals surface area contributed by atoms with Crippen LogP contribution >= 0.6 is 0 Å². The minimum atomic E-state index is -1.32. The van der Waals surface area contributed by atoms with Crippen molar-refractivity contribution >= 4 is 16.6 Å². The van der Waals surface area contributed by atoms with Crippen LogP contribution in [0.3, 0.4) is 0 Å². The summed E-state index contributed by atoms with van der Waals surface area (Å²) in [7, 11) is -2.44. The van der Waals surface area contributed by atoms with Crippen molar-refractivity contribution in [3.8, 4) is 0 Å². The summed E-state index contributed by atoms with van der Waals surface area (Å²) in [5.74, 6) is 0. The second kappa shape index (κ2) is 4.73. The Balaban J connectivity index is 4.36. The Bertz CT molecular complexity index is 148. The summed E-state index contributed by atoms with van der Waals surface area (Å²) in [5, 5.41) is 0. The molecule has 0 bridgehead atoms. The molecule has 0 radical (unpaired) electrons. The molecule has 0 aromatic heterocycles. The van der Waals surface area contributed by atoms with E-state index in [1.54, 1.807) is 0 Å². The topological polar surface area (TPSA) is 15.3 Å². The summed E-state index contributed by atoms with van der Waals surface area (Å²) in [5.41, 5.74) is 0. The van der Waals surface area contributed by atoms with E-state index in [0.717, 1.165) is 0 Å². The zero-order chi connectivity index (χ0) is 10.7. The van der Waals surface area contributed by atoms with Gasteiger partial charge in [-0.15, -0.1) is 0 Å². The molecule has 0 aliphatic carbocycles. The van der Waals surface area contributed by atoms with Crippen LogP contribution in [-0.4, -0.2) is 34.3 Å². The van der Waals surface area contributed by atoms with Gasteiger partial charge in [0.15, 0.2) is 8.40 Å². The monoisotopic (exact) mass is 218 g/mol. The molecule has 80 valence electrons. The Morgan fingerprint density at radius 3 is 1.54 bits per heavy atom. The van der Waals surface area contributed by atoms with Gasteiger partial charge in [0.2, 0.25) is 0 Å². The molecule has 0 atom stereocenters. The van der Waals surface area contributed by atoms with Crippen LogP contribution in [0.2, 0.25) is 32.7 Å². The first-order valence-corrected chi connectivity index (χ1v) is 11.7. The maximum atomic E-state index is 3.90. The van der Waals surface area contributed by atoms with E-state index in [4.69, 9.17) is 0 Å². The van der Waals surface area contributed by atoms with Gasteiger partial charge in [-0.2, -0.15) is 0 Å². The molecular weight excluding hydrogens is 192 g/mol. The van der Waals surface area contributed by atoms with Crippen molar-refractivity contribution in [2.24, 2.45) is 0 Å². The van der Waals surface area contributed by atoms with Gasteiger partial charge in [-0.3, -0.25) is 0 Å². The van der Waals surface area contributed by atoms with Crippen LogP contribution in [0, 0.1) is 0 Å². The van der Waals surface area contributed by atoms with Gasteiger partial charge in [-0.05, 0) is 26.2 Å². The van der Waals surface area contributed by atoms with Crippen molar-refractivity contribution in [1.29, 1.82) is 0 Å². The van der Waals surface area contributed by atoms with Crippen molar-refractivity contribution in [3.63, 3.8) is 0 Å². The van der Waals surface area contributed by atoms with E-state index in [-0.39, 0.29) is 0 Å². The lowest BCUT2D eigenvalue weighted by Crippen LogP contribution is -2.66. The summed E-state index contributed by atoms with van der Waals surface area (Å²) >= 11 is 0. The molecule has 13 heavy (non-hydrogen) atoms. The zero-order valence-electron chi connectivity index (χ0n) is 10.4. The first-order valence-electron chi connectivity index (χ1n) is 5.27. The van der Waals surface area contributed by atoms with E-state index < -0.39 is 16.6 Å². The van der Waals surface area contributed by atoms with E-state index >= 15 is 0 Å². The number of hydrogen-bond acceptors (Lipinski definition) is 2. The average molecular weight is 218 g/mol. The van der Waals surface area contributed by atoms with Crippen LogP contribution in [0.4, 0.5) is 0 Å². The van der Waals surface area contributed by atoms with E-state index in [2.05, 4.69) is 55.8 Å². The summed E-state index contributed by atoms with van der Waals surface area (Å²) in [6, 6.07) is 0. The molecule has 0 amide bonds. The van der Waals surface area contributed by atoms with Crippen molar-refractivity contribution in [2.45, 2.75) is 46.6 Å². The highest BCUT2D eigenvalue weighted by atomic mass is 28.4. The van der Waals surface area contributed by atoms with Gasteiger partial charge in [0.05, 0.1) is 0 Å². The van der Waals surface area contributed by atoms with E-state index in [0.29, 0.717) is 0 Å². The maximum absolute atomic E-state index is 3.90. The summed E-state index contributed by atoms with van der Waals surface area (Å²) in [6.45, 7) is 18.8. The number of hydrogen-bond donors (Lipinski definition) is 1. The van der Waals surface area contributed by atoms with Gasteiger partial charge in [0, 0.05) is 0 Å². The standard InChI is InChI=1S/C9H26N2Si2/c1-8-11(9-2)13(6,7)10-12(3,4)5/h10H,8-9H2,1-7H3. The minimum absolute atomic E-state index is 1.12. The van der Waals surface area contributed by atoms with Crippen LogP contribution in [0.5, 0.6) is 0 Å². The van der Waals surface area contributed by atoms with Gasteiger partial charge in [0.25, 0.3) is 0 Å². The minimum Gasteiger partial charge on any atom is -0.348 e. The third-order valence-electron chi connectivity index (χ3n) is 2.23. The first-order chi connectivity index (χ1) is 5.73. The molecule has 4 heteroatoms. The second-order valence-electron chi connectivity index (χ2n) is 5.11. The molecule has 1 N–H and O–H groups in total. The fourth-order valence-corrected chi connectivity index (χ4v) is 11.6. The molecular formula is C9H26N2Si2. The lowest BCUT2D eigenvalue weighted by molar-refractivity contribution is 0.461. The van der Waals surface area contributed by atoms with Gasteiger partial charge in [-0.25, -0.2) is 0 Å². The highest BCUT2D eigenvalue weighted by Crippen LogP contribution is 2.09. The molecule has 0 unspecified atom stereocenters.